The average molecular weight is 408 g/mol. The molecule has 1 aliphatic heterocycles. The van der Waals surface area contributed by atoms with Gasteiger partial charge in [-0.2, -0.15) is 0 Å². The molecule has 27 heavy (non-hydrogen) atoms. The lowest BCUT2D eigenvalue weighted by atomic mass is 10.0. The molecule has 2 amide bonds. The maximum Gasteiger partial charge on any atom is 0.262 e. The summed E-state index contributed by atoms with van der Waals surface area (Å²) in [6.07, 6.45) is 2.55. The first-order valence-corrected chi connectivity index (χ1v) is 9.89. The Labute approximate surface area is 170 Å². The molecule has 5 nitrogen and oxygen atoms in total. The molecular weight excluding hydrogens is 382 g/mol. The summed E-state index contributed by atoms with van der Waals surface area (Å²) < 4.78 is 0. The second-order valence-electron chi connectivity index (χ2n) is 6.61. The highest BCUT2D eigenvalue weighted by molar-refractivity contribution is 7.12. The highest BCUT2D eigenvalue weighted by Crippen LogP contribution is 2.15. The van der Waals surface area contributed by atoms with Crippen molar-refractivity contribution in [1.29, 1.82) is 0 Å². The Hall–Kier alpha value is -1.89. The summed E-state index contributed by atoms with van der Waals surface area (Å²) in [7, 11) is 1.93. The summed E-state index contributed by atoms with van der Waals surface area (Å²) in [5, 5.41) is 8.08. The van der Waals surface area contributed by atoms with Crippen LogP contribution >= 0.6 is 23.7 Å². The fourth-order valence-electron chi connectivity index (χ4n) is 3.32. The summed E-state index contributed by atoms with van der Waals surface area (Å²) in [6.45, 7) is 1.44. The smallest absolute Gasteiger partial charge is 0.262 e. The van der Waals surface area contributed by atoms with Crippen LogP contribution in [0.25, 0.3) is 0 Å². The molecule has 2 N–H and O–H groups in total. The number of halogens is 1. The van der Waals surface area contributed by atoms with Crippen LogP contribution in [0.5, 0.6) is 0 Å². The molecule has 1 aliphatic rings. The Morgan fingerprint density at radius 3 is 2.67 bits per heavy atom. The number of benzene rings is 1. The van der Waals surface area contributed by atoms with Crippen LogP contribution in [0, 0.1) is 0 Å². The number of piperidine rings is 1. The van der Waals surface area contributed by atoms with E-state index < -0.39 is 6.04 Å². The van der Waals surface area contributed by atoms with Crippen LogP contribution < -0.4 is 10.6 Å². The number of hydrogen-bond donors (Lipinski definition) is 2. The van der Waals surface area contributed by atoms with Crippen LogP contribution in [0.1, 0.15) is 28.1 Å². The maximum absolute atomic E-state index is 13.2. The standard InChI is InChI=1S/C20H25N3O2S.ClH/c1-21-16-9-5-11-23(14-16)20(25)17(13-15-7-3-2-4-8-15)22-19(24)18-10-6-12-26-18;/h2-4,6-8,10,12,16-17,21H,5,9,11,13-14H2,1H3,(H,22,24);1H. The van der Waals surface area contributed by atoms with Gasteiger partial charge in [0.25, 0.3) is 5.91 Å². The Kier molecular flexibility index (Phi) is 8.28. The summed E-state index contributed by atoms with van der Waals surface area (Å²) in [5.74, 6) is -0.185. The minimum Gasteiger partial charge on any atom is -0.339 e. The number of carbonyl (C=O) groups is 2. The van der Waals surface area contributed by atoms with Gasteiger partial charge in [0.1, 0.15) is 6.04 Å². The third-order valence-corrected chi connectivity index (χ3v) is 5.64. The fourth-order valence-corrected chi connectivity index (χ4v) is 3.95. The van der Waals surface area contributed by atoms with E-state index >= 15 is 0 Å². The third kappa shape index (κ3) is 5.79. The second kappa shape index (κ2) is 10.4. The van der Waals surface area contributed by atoms with Crippen molar-refractivity contribution in [3.63, 3.8) is 0 Å². The third-order valence-electron chi connectivity index (χ3n) is 4.77. The lowest BCUT2D eigenvalue weighted by Gasteiger charge is -2.35. The molecular formula is C20H26ClN3O2S. The highest BCUT2D eigenvalue weighted by Gasteiger charge is 2.30. The van der Waals surface area contributed by atoms with E-state index in [1.807, 2.05) is 53.7 Å². The number of amides is 2. The number of nitrogens with one attached hydrogen (secondary N) is 2. The molecule has 7 heteroatoms. The molecule has 1 aromatic heterocycles. The molecule has 0 aliphatic carbocycles. The lowest BCUT2D eigenvalue weighted by Crippen LogP contribution is -2.54. The molecule has 0 saturated carbocycles. The van der Waals surface area contributed by atoms with Gasteiger partial charge in [0.15, 0.2) is 0 Å². The van der Waals surface area contributed by atoms with Crippen LogP contribution in [0.2, 0.25) is 0 Å². The van der Waals surface area contributed by atoms with Gasteiger partial charge in [-0.15, -0.1) is 23.7 Å². The van der Waals surface area contributed by atoms with Gasteiger partial charge in [-0.25, -0.2) is 0 Å². The van der Waals surface area contributed by atoms with Gasteiger partial charge in [-0.05, 0) is 36.9 Å². The number of likely N-dealkylation sites (tertiary alicyclic amines) is 1. The van der Waals surface area contributed by atoms with Gasteiger partial charge in [-0.1, -0.05) is 36.4 Å². The largest absolute Gasteiger partial charge is 0.339 e. The summed E-state index contributed by atoms with van der Waals surface area (Å²) in [4.78, 5) is 28.2. The van der Waals surface area contributed by atoms with E-state index in [9.17, 15) is 9.59 Å². The van der Waals surface area contributed by atoms with E-state index in [1.165, 1.54) is 11.3 Å². The Morgan fingerprint density at radius 2 is 2.00 bits per heavy atom. The number of thiophene rings is 1. The summed E-state index contributed by atoms with van der Waals surface area (Å²) in [5.41, 5.74) is 1.04. The Morgan fingerprint density at radius 1 is 1.22 bits per heavy atom. The number of carbonyl (C=O) groups excluding carboxylic acids is 2. The lowest BCUT2D eigenvalue weighted by molar-refractivity contribution is -0.134. The van der Waals surface area contributed by atoms with Crippen molar-refractivity contribution in [2.75, 3.05) is 20.1 Å². The topological polar surface area (TPSA) is 61.4 Å². The summed E-state index contributed by atoms with van der Waals surface area (Å²) in [6, 6.07) is 13.2. The zero-order chi connectivity index (χ0) is 18.4. The van der Waals surface area contributed by atoms with Gasteiger partial charge >= 0.3 is 0 Å². The van der Waals surface area contributed by atoms with Crippen molar-refractivity contribution in [2.45, 2.75) is 31.3 Å². The zero-order valence-electron chi connectivity index (χ0n) is 15.4. The first-order chi connectivity index (χ1) is 12.7. The first-order valence-electron chi connectivity index (χ1n) is 9.01. The minimum atomic E-state index is -0.553. The van der Waals surface area contributed by atoms with Crippen molar-refractivity contribution in [3.8, 4) is 0 Å². The van der Waals surface area contributed by atoms with Gasteiger partial charge < -0.3 is 15.5 Å². The van der Waals surface area contributed by atoms with Crippen molar-refractivity contribution >= 4 is 35.6 Å². The van der Waals surface area contributed by atoms with Crippen molar-refractivity contribution in [1.82, 2.24) is 15.5 Å². The van der Waals surface area contributed by atoms with E-state index in [2.05, 4.69) is 10.6 Å². The van der Waals surface area contributed by atoms with Gasteiger partial charge in [0.2, 0.25) is 5.91 Å². The monoisotopic (exact) mass is 407 g/mol. The maximum atomic E-state index is 13.2. The average Bonchev–Trinajstić information content (AvgIpc) is 3.23. The first kappa shape index (κ1) is 21.4. The van der Waals surface area contributed by atoms with E-state index in [0.717, 1.165) is 24.9 Å². The van der Waals surface area contributed by atoms with Crippen LogP contribution in [0.4, 0.5) is 0 Å². The van der Waals surface area contributed by atoms with Crippen LogP contribution in [-0.2, 0) is 11.2 Å². The predicted octanol–water partition coefficient (Wildman–Crippen LogP) is 2.72. The molecule has 2 unspecified atom stereocenters. The molecule has 2 atom stereocenters. The van der Waals surface area contributed by atoms with Crippen LogP contribution in [0.15, 0.2) is 47.8 Å². The number of nitrogens with zero attached hydrogens (tertiary/aromatic N) is 1. The molecule has 1 saturated heterocycles. The molecule has 1 fully saturated rings. The van der Waals surface area contributed by atoms with Crippen molar-refractivity contribution in [2.24, 2.45) is 0 Å². The molecule has 3 rings (SSSR count). The van der Waals surface area contributed by atoms with Crippen molar-refractivity contribution < 1.29 is 9.59 Å². The van der Waals surface area contributed by atoms with E-state index in [-0.39, 0.29) is 24.2 Å². The molecule has 0 spiro atoms. The molecule has 2 heterocycles. The van der Waals surface area contributed by atoms with E-state index in [4.69, 9.17) is 0 Å². The van der Waals surface area contributed by atoms with E-state index in [0.29, 0.717) is 23.9 Å². The van der Waals surface area contributed by atoms with Crippen LogP contribution in [0.3, 0.4) is 0 Å². The van der Waals surface area contributed by atoms with Crippen LogP contribution in [-0.4, -0.2) is 48.9 Å². The van der Waals surface area contributed by atoms with Gasteiger partial charge in [0, 0.05) is 25.6 Å². The SMILES string of the molecule is CNC1CCCN(C(=O)C(Cc2ccccc2)NC(=O)c2cccs2)C1.Cl. The number of likely N-dealkylation sites (N-methyl/N-ethyl adjacent to an activating group) is 1. The normalized spacial score (nSPS) is 17.7. The van der Waals surface area contributed by atoms with Gasteiger partial charge in [-0.3, -0.25) is 9.59 Å². The van der Waals surface area contributed by atoms with Crippen molar-refractivity contribution in [3.05, 3.63) is 58.3 Å². The quantitative estimate of drug-likeness (QED) is 0.774. The molecule has 146 valence electrons. The number of hydrogen-bond acceptors (Lipinski definition) is 4. The minimum absolute atomic E-state index is 0. The van der Waals surface area contributed by atoms with Gasteiger partial charge in [0.05, 0.1) is 4.88 Å². The number of rotatable bonds is 6. The summed E-state index contributed by atoms with van der Waals surface area (Å²) >= 11 is 1.38. The zero-order valence-corrected chi connectivity index (χ0v) is 17.0. The Bertz CT molecular complexity index is 724. The Balaban J connectivity index is 0.00000261. The second-order valence-corrected chi connectivity index (χ2v) is 7.55. The molecule has 2 aromatic rings. The predicted molar refractivity (Wildman–Crippen MR) is 112 cm³/mol. The highest BCUT2D eigenvalue weighted by atomic mass is 35.5. The molecule has 1 aromatic carbocycles. The van der Waals surface area contributed by atoms with E-state index in [1.54, 1.807) is 6.07 Å². The molecule has 0 radical (unpaired) electrons. The molecule has 0 bridgehead atoms. The fraction of sp³-hybridized carbons (Fsp3) is 0.400.